The van der Waals surface area contributed by atoms with Crippen molar-refractivity contribution in [2.45, 2.75) is 33.1 Å². The summed E-state index contributed by atoms with van der Waals surface area (Å²) in [5.74, 6) is 0.644. The van der Waals surface area contributed by atoms with Gasteiger partial charge in [-0.2, -0.15) is 0 Å². The van der Waals surface area contributed by atoms with E-state index in [1.54, 1.807) is 0 Å². The molecule has 0 spiro atoms. The Bertz CT molecular complexity index is 298. The van der Waals surface area contributed by atoms with Crippen molar-refractivity contribution in [3.63, 3.8) is 0 Å². The van der Waals surface area contributed by atoms with Gasteiger partial charge in [0.15, 0.2) is 0 Å². The fraction of sp³-hybridized carbons (Fsp3) is 0.583. The largest absolute Gasteiger partial charge is 0.298 e. The Morgan fingerprint density at radius 3 is 3.08 bits per heavy atom. The number of hydrogen-bond donors (Lipinski definition) is 0. The summed E-state index contributed by atoms with van der Waals surface area (Å²) in [7, 11) is 0. The molecule has 2 unspecified atom stereocenters. The van der Waals surface area contributed by atoms with Crippen molar-refractivity contribution in [1.82, 2.24) is 0 Å². The van der Waals surface area contributed by atoms with E-state index in [0.29, 0.717) is 5.78 Å². The molecule has 0 N–H and O–H groups in total. The zero-order valence-corrected chi connectivity index (χ0v) is 8.34. The average molecular weight is 176 g/mol. The summed E-state index contributed by atoms with van der Waals surface area (Å²) >= 11 is 0. The summed E-state index contributed by atoms with van der Waals surface area (Å²) in [5, 5.41) is 0. The Balaban J connectivity index is 2.39. The average Bonchev–Trinajstić information content (AvgIpc) is 2.13. The molecule has 1 fully saturated rings. The Hall–Kier alpha value is -0.850. The van der Waals surface area contributed by atoms with Crippen molar-refractivity contribution in [2.24, 2.45) is 11.3 Å². The van der Waals surface area contributed by atoms with Crippen molar-refractivity contribution in [3.05, 3.63) is 23.8 Å². The molecule has 0 saturated heterocycles. The normalized spacial score (nSPS) is 38.5. The van der Waals surface area contributed by atoms with E-state index in [1.807, 2.05) is 6.92 Å². The van der Waals surface area contributed by atoms with Gasteiger partial charge >= 0.3 is 0 Å². The molecule has 0 heterocycles. The maximum Gasteiger partial charge on any atom is 0.149 e. The Kier molecular flexibility index (Phi) is 1.90. The Morgan fingerprint density at radius 1 is 1.54 bits per heavy atom. The second kappa shape index (κ2) is 2.83. The van der Waals surface area contributed by atoms with Crippen LogP contribution in [0.1, 0.15) is 33.1 Å². The molecule has 0 aromatic rings. The van der Waals surface area contributed by atoms with Crippen LogP contribution in [-0.4, -0.2) is 5.78 Å². The first kappa shape index (κ1) is 8.74. The van der Waals surface area contributed by atoms with E-state index in [2.05, 4.69) is 25.2 Å². The molecule has 1 heteroatoms. The van der Waals surface area contributed by atoms with Crippen molar-refractivity contribution in [2.75, 3.05) is 0 Å². The lowest BCUT2D eigenvalue weighted by Gasteiger charge is -2.37. The van der Waals surface area contributed by atoms with Crippen LogP contribution >= 0.6 is 0 Å². The first-order valence-corrected chi connectivity index (χ1v) is 5.06. The lowest BCUT2D eigenvalue weighted by Crippen LogP contribution is -2.37. The first-order valence-electron chi connectivity index (χ1n) is 5.06. The summed E-state index contributed by atoms with van der Waals surface area (Å²) in [5.41, 5.74) is 1.09. The smallest absolute Gasteiger partial charge is 0.149 e. The van der Waals surface area contributed by atoms with Crippen LogP contribution in [0, 0.1) is 11.3 Å². The number of fused-ring (bicyclic) bond motifs is 1. The quantitative estimate of drug-likeness (QED) is 0.519. The van der Waals surface area contributed by atoms with E-state index in [-0.39, 0.29) is 11.3 Å². The number of Topliss-reactive ketones (excluding diaryl/α,β-unsaturated/α-hetero) is 1. The molecule has 2 rings (SSSR count). The lowest BCUT2D eigenvalue weighted by molar-refractivity contribution is -0.129. The van der Waals surface area contributed by atoms with Gasteiger partial charge in [0.05, 0.1) is 5.41 Å². The van der Waals surface area contributed by atoms with Crippen LogP contribution in [0.15, 0.2) is 23.8 Å². The first-order chi connectivity index (χ1) is 6.14. The zero-order chi connectivity index (χ0) is 9.47. The number of carbonyl (C=O) groups excluding carboxylic acids is 1. The predicted octanol–water partition coefficient (Wildman–Crippen LogP) is 2.88. The molecule has 13 heavy (non-hydrogen) atoms. The molecule has 0 aromatic heterocycles. The minimum absolute atomic E-state index is 0.241. The second-order valence-electron chi connectivity index (χ2n) is 4.37. The third-order valence-electron chi connectivity index (χ3n) is 3.42. The molecular weight excluding hydrogens is 160 g/mol. The molecule has 0 radical (unpaired) electrons. The number of allylic oxidation sites excluding steroid dienone is 4. The maximum atomic E-state index is 12.0. The molecule has 1 saturated carbocycles. The summed E-state index contributed by atoms with van der Waals surface area (Å²) in [6.45, 7) is 4.11. The molecule has 2 aliphatic rings. The van der Waals surface area contributed by atoms with Crippen LogP contribution in [-0.2, 0) is 4.79 Å². The van der Waals surface area contributed by atoms with E-state index < -0.39 is 0 Å². The van der Waals surface area contributed by atoms with E-state index in [9.17, 15) is 4.79 Å². The molecule has 0 amide bonds. The third-order valence-corrected chi connectivity index (χ3v) is 3.42. The fourth-order valence-electron chi connectivity index (χ4n) is 2.45. The van der Waals surface area contributed by atoms with Gasteiger partial charge in [0.25, 0.3) is 0 Å². The van der Waals surface area contributed by atoms with Crippen LogP contribution in [0.3, 0.4) is 0 Å². The zero-order valence-electron chi connectivity index (χ0n) is 8.34. The Labute approximate surface area is 79.5 Å². The molecule has 1 nitrogen and oxygen atoms in total. The highest BCUT2D eigenvalue weighted by molar-refractivity contribution is 5.92. The van der Waals surface area contributed by atoms with E-state index in [4.69, 9.17) is 0 Å². The van der Waals surface area contributed by atoms with Crippen LogP contribution in [0.5, 0.6) is 0 Å². The summed E-state index contributed by atoms with van der Waals surface area (Å²) < 4.78 is 0. The van der Waals surface area contributed by atoms with Crippen LogP contribution < -0.4 is 0 Å². The van der Waals surface area contributed by atoms with Crippen molar-refractivity contribution in [1.29, 1.82) is 0 Å². The van der Waals surface area contributed by atoms with Gasteiger partial charge in [-0.25, -0.2) is 0 Å². The van der Waals surface area contributed by atoms with Crippen molar-refractivity contribution < 1.29 is 4.79 Å². The van der Waals surface area contributed by atoms with Gasteiger partial charge in [0.1, 0.15) is 5.78 Å². The fourth-order valence-corrected chi connectivity index (χ4v) is 2.45. The van der Waals surface area contributed by atoms with Gasteiger partial charge in [-0.05, 0) is 26.2 Å². The maximum absolute atomic E-state index is 12.0. The standard InChI is InChI=1S/C12H16O/c1-9-6-7-10-5-3-4-8-12(10,2)11(9)13/h4-5,8-9H,3,6-7H2,1-2H3. The second-order valence-corrected chi connectivity index (χ2v) is 4.37. The van der Waals surface area contributed by atoms with E-state index in [0.717, 1.165) is 19.3 Å². The van der Waals surface area contributed by atoms with Gasteiger partial charge in [-0.15, -0.1) is 0 Å². The lowest BCUT2D eigenvalue weighted by atomic mass is 9.65. The van der Waals surface area contributed by atoms with E-state index in [1.165, 1.54) is 5.57 Å². The number of hydrogen-bond acceptors (Lipinski definition) is 1. The minimum Gasteiger partial charge on any atom is -0.298 e. The summed E-state index contributed by atoms with van der Waals surface area (Å²) in [6.07, 6.45) is 9.58. The SMILES string of the molecule is CC1CCC2=CCC=CC2(C)C1=O. The van der Waals surface area contributed by atoms with Crippen LogP contribution in [0.4, 0.5) is 0 Å². The molecule has 2 atom stereocenters. The van der Waals surface area contributed by atoms with Crippen LogP contribution in [0.2, 0.25) is 0 Å². The van der Waals surface area contributed by atoms with Gasteiger partial charge in [0.2, 0.25) is 0 Å². The van der Waals surface area contributed by atoms with Gasteiger partial charge in [-0.3, -0.25) is 4.79 Å². The highest BCUT2D eigenvalue weighted by atomic mass is 16.1. The number of ketones is 1. The summed E-state index contributed by atoms with van der Waals surface area (Å²) in [6, 6.07) is 0. The third kappa shape index (κ3) is 1.18. The van der Waals surface area contributed by atoms with Crippen molar-refractivity contribution >= 4 is 5.78 Å². The molecule has 0 aromatic carbocycles. The highest BCUT2D eigenvalue weighted by Gasteiger charge is 2.41. The van der Waals surface area contributed by atoms with Gasteiger partial charge < -0.3 is 0 Å². The number of carbonyl (C=O) groups is 1. The molecular formula is C12H16O. The van der Waals surface area contributed by atoms with Crippen molar-refractivity contribution in [3.8, 4) is 0 Å². The topological polar surface area (TPSA) is 17.1 Å². The Morgan fingerprint density at radius 2 is 2.31 bits per heavy atom. The van der Waals surface area contributed by atoms with Gasteiger partial charge in [-0.1, -0.05) is 30.7 Å². The predicted molar refractivity (Wildman–Crippen MR) is 53.4 cm³/mol. The minimum atomic E-state index is -0.254. The summed E-state index contributed by atoms with van der Waals surface area (Å²) in [4.78, 5) is 12.0. The molecule has 0 aliphatic heterocycles. The van der Waals surface area contributed by atoms with E-state index >= 15 is 0 Å². The van der Waals surface area contributed by atoms with Crippen LogP contribution in [0.25, 0.3) is 0 Å². The highest BCUT2D eigenvalue weighted by Crippen LogP contribution is 2.43. The molecule has 0 bridgehead atoms. The molecule has 70 valence electrons. The monoisotopic (exact) mass is 176 g/mol. The number of rotatable bonds is 0. The van der Waals surface area contributed by atoms with Gasteiger partial charge in [0, 0.05) is 5.92 Å². The molecule has 2 aliphatic carbocycles.